The van der Waals surface area contributed by atoms with Gasteiger partial charge in [-0.15, -0.1) is 0 Å². The van der Waals surface area contributed by atoms with Crippen LogP contribution in [0.5, 0.6) is 5.88 Å². The van der Waals surface area contributed by atoms with Crippen molar-refractivity contribution >= 4 is 34.9 Å². The second kappa shape index (κ2) is 7.34. The number of H-pyrrole nitrogens is 1. The number of aromatic amines is 1. The molecule has 0 radical (unpaired) electrons. The van der Waals surface area contributed by atoms with E-state index in [1.54, 1.807) is 17.0 Å². The first kappa shape index (κ1) is 18.0. The van der Waals surface area contributed by atoms with Crippen LogP contribution >= 0.6 is 0 Å². The number of nitrogens with one attached hydrogen (secondary N) is 1. The molecule has 1 aromatic heterocycles. The molecular weight excluding hydrogens is 359 g/mol. The van der Waals surface area contributed by atoms with Gasteiger partial charge in [-0.05, 0) is 42.8 Å². The first-order chi connectivity index (χ1) is 13.6. The van der Waals surface area contributed by atoms with Crippen molar-refractivity contribution in [2.75, 3.05) is 31.1 Å². The van der Waals surface area contributed by atoms with Crippen LogP contribution in [-0.4, -0.2) is 53.8 Å². The molecule has 4 rings (SSSR count). The van der Waals surface area contributed by atoms with E-state index in [-0.39, 0.29) is 5.88 Å². The molecule has 0 atom stereocenters. The van der Waals surface area contributed by atoms with Gasteiger partial charge in [-0.3, -0.25) is 9.79 Å². The molecule has 2 N–H and O–H groups in total. The van der Waals surface area contributed by atoms with Gasteiger partial charge in [-0.1, -0.05) is 6.07 Å². The number of aromatic nitrogens is 1. The van der Waals surface area contributed by atoms with Gasteiger partial charge in [0.1, 0.15) is 5.82 Å². The topological polar surface area (TPSA) is 71.9 Å². The van der Waals surface area contributed by atoms with Crippen molar-refractivity contribution in [2.45, 2.75) is 6.92 Å². The molecule has 3 aromatic rings. The van der Waals surface area contributed by atoms with Crippen molar-refractivity contribution in [3.8, 4) is 5.88 Å². The Labute approximate surface area is 161 Å². The van der Waals surface area contributed by atoms with Gasteiger partial charge in [0.05, 0.1) is 16.8 Å². The van der Waals surface area contributed by atoms with E-state index in [1.807, 2.05) is 25.1 Å². The van der Waals surface area contributed by atoms with Crippen LogP contribution in [0.3, 0.4) is 0 Å². The third-order valence-electron chi connectivity index (χ3n) is 5.12. The molecule has 0 unspecified atom stereocenters. The fourth-order valence-electron chi connectivity index (χ4n) is 3.62. The first-order valence-corrected chi connectivity index (χ1v) is 9.15. The van der Waals surface area contributed by atoms with Crippen LogP contribution in [0.1, 0.15) is 11.1 Å². The Balaban J connectivity index is 1.57. The SMILES string of the molecule is Cc1cc(N=Cc2c(O)[nH]c3cccc(F)c23)ccc1N1CCN(C=O)CC1. The van der Waals surface area contributed by atoms with Crippen LogP contribution < -0.4 is 4.90 Å². The van der Waals surface area contributed by atoms with E-state index in [2.05, 4.69) is 14.9 Å². The van der Waals surface area contributed by atoms with Crippen LogP contribution in [-0.2, 0) is 4.79 Å². The molecule has 2 aromatic carbocycles. The molecule has 0 aliphatic carbocycles. The summed E-state index contributed by atoms with van der Waals surface area (Å²) in [5.41, 5.74) is 3.77. The zero-order valence-electron chi connectivity index (χ0n) is 15.5. The standard InChI is InChI=1S/C21H21FN4O2/c1-14-11-15(5-6-19(14)26-9-7-25(13-27)8-10-26)23-12-16-20-17(22)3-2-4-18(20)24-21(16)28/h2-6,11-13,24,28H,7-10H2,1H3. The van der Waals surface area contributed by atoms with Gasteiger partial charge < -0.3 is 19.9 Å². The molecule has 1 aliphatic rings. The van der Waals surface area contributed by atoms with Crippen molar-refractivity contribution in [3.05, 3.63) is 53.3 Å². The Morgan fingerprint density at radius 2 is 1.96 bits per heavy atom. The second-order valence-corrected chi connectivity index (χ2v) is 6.91. The minimum atomic E-state index is -0.406. The Hall–Kier alpha value is -3.35. The number of carbonyl (C=O) groups is 1. The highest BCUT2D eigenvalue weighted by molar-refractivity contribution is 6.02. The lowest BCUT2D eigenvalue weighted by Crippen LogP contribution is -2.45. The summed E-state index contributed by atoms with van der Waals surface area (Å²) in [6, 6.07) is 10.5. The zero-order valence-corrected chi connectivity index (χ0v) is 15.5. The van der Waals surface area contributed by atoms with Crippen LogP contribution in [0.15, 0.2) is 41.4 Å². The minimum Gasteiger partial charge on any atom is -0.494 e. The Kier molecular flexibility index (Phi) is 4.73. The number of piperazine rings is 1. The van der Waals surface area contributed by atoms with Gasteiger partial charge >= 0.3 is 0 Å². The van der Waals surface area contributed by atoms with E-state index >= 15 is 0 Å². The number of benzene rings is 2. The predicted octanol–water partition coefficient (Wildman–Crippen LogP) is 3.35. The van der Waals surface area contributed by atoms with Gasteiger partial charge in [0.2, 0.25) is 6.41 Å². The predicted molar refractivity (Wildman–Crippen MR) is 108 cm³/mol. The summed E-state index contributed by atoms with van der Waals surface area (Å²) < 4.78 is 14.1. The lowest BCUT2D eigenvalue weighted by molar-refractivity contribution is -0.118. The maximum absolute atomic E-state index is 14.1. The Bertz CT molecular complexity index is 1050. The molecule has 1 fully saturated rings. The summed E-state index contributed by atoms with van der Waals surface area (Å²) in [6.07, 6.45) is 2.37. The number of halogens is 1. The molecule has 6 nitrogen and oxygen atoms in total. The number of rotatable bonds is 4. The van der Waals surface area contributed by atoms with Crippen molar-refractivity contribution < 1.29 is 14.3 Å². The van der Waals surface area contributed by atoms with Crippen LogP contribution in [0.2, 0.25) is 0 Å². The molecule has 0 saturated carbocycles. The van der Waals surface area contributed by atoms with Gasteiger partial charge in [0, 0.05) is 43.5 Å². The van der Waals surface area contributed by atoms with E-state index in [0.29, 0.717) is 29.6 Å². The number of anilines is 1. The summed E-state index contributed by atoms with van der Waals surface area (Å²) in [5, 5.41) is 10.4. The Morgan fingerprint density at radius 3 is 2.68 bits per heavy atom. The monoisotopic (exact) mass is 380 g/mol. The lowest BCUT2D eigenvalue weighted by atomic mass is 10.1. The van der Waals surface area contributed by atoms with Crippen LogP contribution in [0.4, 0.5) is 15.8 Å². The third-order valence-corrected chi connectivity index (χ3v) is 5.12. The average molecular weight is 380 g/mol. The number of fused-ring (bicyclic) bond motifs is 1. The largest absolute Gasteiger partial charge is 0.494 e. The highest BCUT2D eigenvalue weighted by Crippen LogP contribution is 2.30. The molecule has 1 amide bonds. The van der Waals surface area contributed by atoms with E-state index in [1.165, 1.54) is 12.3 Å². The number of aryl methyl sites for hydroxylation is 1. The molecular formula is C21H21FN4O2. The maximum atomic E-state index is 14.1. The van der Waals surface area contributed by atoms with Crippen molar-refractivity contribution in [2.24, 2.45) is 4.99 Å². The van der Waals surface area contributed by atoms with Crippen molar-refractivity contribution in [1.29, 1.82) is 0 Å². The minimum absolute atomic E-state index is 0.106. The number of aromatic hydroxyl groups is 1. The number of carbonyl (C=O) groups excluding carboxylic acids is 1. The number of nitrogens with zero attached hydrogens (tertiary/aromatic N) is 3. The quantitative estimate of drug-likeness (QED) is 0.539. The highest BCUT2D eigenvalue weighted by Gasteiger charge is 2.17. The number of hydrogen-bond donors (Lipinski definition) is 2. The second-order valence-electron chi connectivity index (χ2n) is 6.91. The number of amides is 1. The molecule has 144 valence electrons. The molecule has 1 aliphatic heterocycles. The van der Waals surface area contributed by atoms with Gasteiger partial charge in [-0.25, -0.2) is 4.39 Å². The normalized spacial score (nSPS) is 14.9. The molecule has 28 heavy (non-hydrogen) atoms. The average Bonchev–Trinajstić information content (AvgIpc) is 3.03. The molecule has 2 heterocycles. The fourth-order valence-corrected chi connectivity index (χ4v) is 3.62. The summed E-state index contributed by atoms with van der Waals surface area (Å²) in [6.45, 7) is 5.04. The molecule has 0 bridgehead atoms. The zero-order chi connectivity index (χ0) is 19.7. The van der Waals surface area contributed by atoms with Crippen molar-refractivity contribution in [3.63, 3.8) is 0 Å². The van der Waals surface area contributed by atoms with E-state index in [9.17, 15) is 14.3 Å². The maximum Gasteiger partial charge on any atom is 0.209 e. The smallest absolute Gasteiger partial charge is 0.209 e. The summed E-state index contributed by atoms with van der Waals surface area (Å²) >= 11 is 0. The summed E-state index contributed by atoms with van der Waals surface area (Å²) in [5.74, 6) is -0.512. The van der Waals surface area contributed by atoms with Crippen LogP contribution in [0.25, 0.3) is 10.9 Å². The van der Waals surface area contributed by atoms with Gasteiger partial charge in [-0.2, -0.15) is 0 Å². The van der Waals surface area contributed by atoms with Gasteiger partial charge in [0.15, 0.2) is 5.88 Å². The van der Waals surface area contributed by atoms with E-state index in [4.69, 9.17) is 0 Å². The highest BCUT2D eigenvalue weighted by atomic mass is 19.1. The van der Waals surface area contributed by atoms with Crippen LogP contribution in [0, 0.1) is 12.7 Å². The molecule has 0 spiro atoms. The summed E-state index contributed by atoms with van der Waals surface area (Å²) in [4.78, 5) is 22.1. The number of aliphatic imine (C=N–C) groups is 1. The van der Waals surface area contributed by atoms with E-state index in [0.717, 1.165) is 36.4 Å². The third kappa shape index (κ3) is 3.31. The molecule has 7 heteroatoms. The Morgan fingerprint density at radius 1 is 1.18 bits per heavy atom. The fraction of sp³-hybridized carbons (Fsp3) is 0.238. The molecule has 1 saturated heterocycles. The van der Waals surface area contributed by atoms with E-state index < -0.39 is 5.82 Å². The summed E-state index contributed by atoms with van der Waals surface area (Å²) in [7, 11) is 0. The first-order valence-electron chi connectivity index (χ1n) is 9.15. The van der Waals surface area contributed by atoms with Crippen molar-refractivity contribution in [1.82, 2.24) is 9.88 Å². The van der Waals surface area contributed by atoms with Gasteiger partial charge in [0.25, 0.3) is 0 Å². The lowest BCUT2D eigenvalue weighted by Gasteiger charge is -2.35. The number of hydrogen-bond acceptors (Lipinski definition) is 4.